The number of nitrogens with zero attached hydrogens (tertiary/aromatic N) is 3. The number of hydrogen-bond acceptors (Lipinski definition) is 6. The second-order valence-electron chi connectivity index (χ2n) is 8.49. The molecular weight excluding hydrogens is 616 g/mol. The highest BCUT2D eigenvalue weighted by molar-refractivity contribution is 9.10. The lowest BCUT2D eigenvalue weighted by Crippen LogP contribution is -2.22. The van der Waals surface area contributed by atoms with E-state index in [1.54, 1.807) is 24.4 Å². The van der Waals surface area contributed by atoms with E-state index in [9.17, 15) is 9.59 Å². The van der Waals surface area contributed by atoms with Crippen molar-refractivity contribution in [1.82, 2.24) is 9.66 Å². The molecule has 0 bridgehead atoms. The topological polar surface area (TPSA) is 94.8 Å². The fraction of sp³-hybridized carbons (Fsp3) is 0.214. The second kappa shape index (κ2) is 12.4. The third-order valence-electron chi connectivity index (χ3n) is 5.69. The van der Waals surface area contributed by atoms with Gasteiger partial charge in [0.2, 0.25) is 0 Å². The van der Waals surface area contributed by atoms with E-state index in [1.165, 1.54) is 11.8 Å². The van der Waals surface area contributed by atoms with Gasteiger partial charge in [0.15, 0.2) is 18.1 Å². The first-order valence-corrected chi connectivity index (χ1v) is 13.5. The Labute approximate surface area is 236 Å². The SMILES string of the molecule is CCCc1nc2ccc(Br)cc2c(=O)n1N=Cc1cc(Br)c(OCC(=O)Nc2ccccc2C)c(OC)c1. The number of aryl methyl sites for hydroxylation is 2. The zero-order chi connectivity index (χ0) is 27.2. The summed E-state index contributed by atoms with van der Waals surface area (Å²) in [6.07, 6.45) is 2.98. The van der Waals surface area contributed by atoms with Crippen LogP contribution in [0.1, 0.15) is 30.3 Å². The summed E-state index contributed by atoms with van der Waals surface area (Å²) in [5.74, 6) is 1.07. The van der Waals surface area contributed by atoms with Crippen molar-refractivity contribution in [3.63, 3.8) is 0 Å². The molecule has 196 valence electrons. The number of methoxy groups -OCH3 is 1. The average Bonchev–Trinajstić information content (AvgIpc) is 2.89. The van der Waals surface area contributed by atoms with E-state index in [-0.39, 0.29) is 18.1 Å². The molecule has 0 spiro atoms. The van der Waals surface area contributed by atoms with Gasteiger partial charge in [0.1, 0.15) is 5.82 Å². The van der Waals surface area contributed by atoms with Crippen molar-refractivity contribution in [2.24, 2.45) is 5.10 Å². The van der Waals surface area contributed by atoms with Gasteiger partial charge < -0.3 is 14.8 Å². The third-order valence-corrected chi connectivity index (χ3v) is 6.77. The first-order valence-electron chi connectivity index (χ1n) is 11.9. The van der Waals surface area contributed by atoms with E-state index in [0.717, 1.165) is 22.1 Å². The number of benzene rings is 3. The van der Waals surface area contributed by atoms with Gasteiger partial charge in [0.25, 0.3) is 11.5 Å². The maximum Gasteiger partial charge on any atom is 0.282 e. The summed E-state index contributed by atoms with van der Waals surface area (Å²) in [5.41, 5.74) is 2.73. The number of nitrogens with one attached hydrogen (secondary N) is 1. The van der Waals surface area contributed by atoms with E-state index in [4.69, 9.17) is 9.47 Å². The molecule has 0 aliphatic heterocycles. The molecule has 10 heteroatoms. The summed E-state index contributed by atoms with van der Waals surface area (Å²) < 4.78 is 14.0. The number of amides is 1. The monoisotopic (exact) mass is 640 g/mol. The van der Waals surface area contributed by atoms with Crippen LogP contribution in [-0.2, 0) is 11.2 Å². The number of ether oxygens (including phenoxy) is 2. The molecule has 1 amide bonds. The highest BCUT2D eigenvalue weighted by Crippen LogP contribution is 2.36. The second-order valence-corrected chi connectivity index (χ2v) is 10.3. The van der Waals surface area contributed by atoms with Crippen LogP contribution in [0.2, 0.25) is 0 Å². The zero-order valence-corrected chi connectivity index (χ0v) is 24.3. The normalized spacial score (nSPS) is 11.2. The van der Waals surface area contributed by atoms with Crippen LogP contribution in [0.15, 0.2) is 73.4 Å². The first kappa shape index (κ1) is 27.5. The largest absolute Gasteiger partial charge is 0.493 e. The van der Waals surface area contributed by atoms with Gasteiger partial charge in [-0.3, -0.25) is 9.59 Å². The number of fused-ring (bicyclic) bond motifs is 1. The standard InChI is InChI=1S/C28H26Br2N4O4/c1-4-7-25-32-23-11-10-19(29)14-20(23)28(36)34(25)31-15-18-12-21(30)27(24(13-18)37-3)38-16-26(35)33-22-9-6-5-8-17(22)2/h5-6,8-15H,4,7,16H2,1-3H3,(H,33,35). The highest BCUT2D eigenvalue weighted by atomic mass is 79.9. The Morgan fingerprint density at radius 2 is 1.95 bits per heavy atom. The molecule has 0 aliphatic carbocycles. The Balaban J connectivity index is 1.58. The van der Waals surface area contributed by atoms with Crippen molar-refractivity contribution in [3.05, 3.63) is 90.8 Å². The predicted octanol–water partition coefficient (Wildman–Crippen LogP) is 6.09. The molecule has 1 heterocycles. The molecule has 3 aromatic carbocycles. The molecule has 0 radical (unpaired) electrons. The Morgan fingerprint density at radius 1 is 1.16 bits per heavy atom. The summed E-state index contributed by atoms with van der Waals surface area (Å²) in [6.45, 7) is 3.74. The van der Waals surface area contributed by atoms with Gasteiger partial charge in [-0.15, -0.1) is 0 Å². The molecule has 0 fully saturated rings. The Hall–Kier alpha value is -3.50. The van der Waals surface area contributed by atoms with Gasteiger partial charge in [-0.05, 0) is 76.8 Å². The molecule has 38 heavy (non-hydrogen) atoms. The molecule has 0 saturated heterocycles. The Bertz CT molecular complexity index is 1580. The van der Waals surface area contributed by atoms with Crippen LogP contribution in [0.25, 0.3) is 10.9 Å². The summed E-state index contributed by atoms with van der Waals surface area (Å²) in [7, 11) is 1.51. The fourth-order valence-corrected chi connectivity index (χ4v) is 4.75. The van der Waals surface area contributed by atoms with Gasteiger partial charge in [-0.2, -0.15) is 9.78 Å². The van der Waals surface area contributed by atoms with E-state index >= 15 is 0 Å². The third kappa shape index (κ3) is 6.31. The van der Waals surface area contributed by atoms with Crippen LogP contribution in [0.3, 0.4) is 0 Å². The number of anilines is 1. The minimum Gasteiger partial charge on any atom is -0.493 e. The average molecular weight is 642 g/mol. The number of hydrogen-bond donors (Lipinski definition) is 1. The van der Waals surface area contributed by atoms with Gasteiger partial charge in [-0.1, -0.05) is 41.1 Å². The summed E-state index contributed by atoms with van der Waals surface area (Å²) in [4.78, 5) is 30.3. The molecular formula is C28H26Br2N4O4. The van der Waals surface area contributed by atoms with Gasteiger partial charge in [-0.25, -0.2) is 4.98 Å². The van der Waals surface area contributed by atoms with Crippen LogP contribution in [-0.4, -0.2) is 35.5 Å². The van der Waals surface area contributed by atoms with Gasteiger partial charge >= 0.3 is 0 Å². The fourth-order valence-electron chi connectivity index (χ4n) is 3.82. The maximum atomic E-state index is 13.2. The van der Waals surface area contributed by atoms with E-state index in [2.05, 4.69) is 47.3 Å². The summed E-state index contributed by atoms with van der Waals surface area (Å²) >= 11 is 6.92. The quantitative estimate of drug-likeness (QED) is 0.223. The highest BCUT2D eigenvalue weighted by Gasteiger charge is 2.15. The van der Waals surface area contributed by atoms with Crippen molar-refractivity contribution >= 4 is 60.6 Å². The number of rotatable bonds is 9. The number of carbonyl (C=O) groups excluding carboxylic acids is 1. The van der Waals surface area contributed by atoms with Crippen LogP contribution >= 0.6 is 31.9 Å². The van der Waals surface area contributed by atoms with Crippen molar-refractivity contribution in [2.45, 2.75) is 26.7 Å². The number of aromatic nitrogens is 2. The van der Waals surface area contributed by atoms with Crippen LogP contribution in [0.5, 0.6) is 11.5 Å². The molecule has 0 unspecified atom stereocenters. The lowest BCUT2D eigenvalue weighted by atomic mass is 10.2. The van der Waals surface area contributed by atoms with Gasteiger partial charge in [0.05, 0.1) is 28.7 Å². The van der Waals surface area contributed by atoms with E-state index < -0.39 is 0 Å². The Morgan fingerprint density at radius 3 is 2.68 bits per heavy atom. The van der Waals surface area contributed by atoms with E-state index in [1.807, 2.05) is 50.2 Å². The molecule has 1 N–H and O–H groups in total. The summed E-state index contributed by atoms with van der Waals surface area (Å²) in [6, 6.07) is 16.4. The maximum absolute atomic E-state index is 13.2. The molecule has 4 rings (SSSR count). The van der Waals surface area contributed by atoms with Crippen LogP contribution in [0, 0.1) is 6.92 Å². The zero-order valence-electron chi connectivity index (χ0n) is 21.1. The smallest absolute Gasteiger partial charge is 0.282 e. The van der Waals surface area contributed by atoms with Crippen molar-refractivity contribution in [3.8, 4) is 11.5 Å². The summed E-state index contributed by atoms with van der Waals surface area (Å²) in [5, 5.41) is 7.79. The van der Waals surface area contributed by atoms with Crippen molar-refractivity contribution in [1.29, 1.82) is 0 Å². The molecule has 0 aliphatic rings. The lowest BCUT2D eigenvalue weighted by Gasteiger charge is -2.14. The molecule has 1 aromatic heterocycles. The predicted molar refractivity (Wildman–Crippen MR) is 157 cm³/mol. The minimum absolute atomic E-state index is 0.204. The van der Waals surface area contributed by atoms with Crippen LogP contribution < -0.4 is 20.3 Å². The van der Waals surface area contributed by atoms with Crippen molar-refractivity contribution < 1.29 is 14.3 Å². The molecule has 0 saturated carbocycles. The minimum atomic E-state index is -0.294. The van der Waals surface area contributed by atoms with E-state index in [0.29, 0.717) is 44.7 Å². The number of halogens is 2. The molecule has 4 aromatic rings. The number of para-hydroxylation sites is 1. The lowest BCUT2D eigenvalue weighted by molar-refractivity contribution is -0.118. The first-order chi connectivity index (χ1) is 18.3. The Kier molecular flexibility index (Phi) is 8.96. The molecule has 0 atom stereocenters. The van der Waals surface area contributed by atoms with Crippen LogP contribution in [0.4, 0.5) is 5.69 Å². The van der Waals surface area contributed by atoms with Gasteiger partial charge in [0, 0.05) is 16.6 Å². The molecule has 8 nitrogen and oxygen atoms in total. The van der Waals surface area contributed by atoms with Crippen molar-refractivity contribution in [2.75, 3.05) is 19.0 Å². The number of carbonyl (C=O) groups is 1.